The number of benzene rings is 1. The molecule has 0 aromatic heterocycles. The van der Waals surface area contributed by atoms with Crippen LogP contribution in [0.1, 0.15) is 38.2 Å². The maximum absolute atomic E-state index is 12.4. The van der Waals surface area contributed by atoms with Crippen LogP contribution in [0.5, 0.6) is 0 Å². The van der Waals surface area contributed by atoms with E-state index in [1.54, 1.807) is 0 Å². The number of fused-ring (bicyclic) bond motifs is 1. The number of allylic oxidation sites excluding steroid dienone is 3. The zero-order valence-electron chi connectivity index (χ0n) is 13.1. The van der Waals surface area contributed by atoms with E-state index in [0.29, 0.717) is 11.8 Å². The lowest BCUT2D eigenvalue weighted by Gasteiger charge is -2.12. The van der Waals surface area contributed by atoms with Gasteiger partial charge in [-0.1, -0.05) is 48.6 Å². The Labute approximate surface area is 132 Å². The summed E-state index contributed by atoms with van der Waals surface area (Å²) in [6, 6.07) is 10.1. The van der Waals surface area contributed by atoms with Gasteiger partial charge in [-0.3, -0.25) is 15.6 Å². The molecular formula is C19H24N2O. The Morgan fingerprint density at radius 1 is 1.05 bits per heavy atom. The second kappa shape index (κ2) is 6.82. The lowest BCUT2D eigenvalue weighted by molar-refractivity contribution is -0.123. The highest BCUT2D eigenvalue weighted by Crippen LogP contribution is 2.52. The Hall–Kier alpha value is -2.03. The molecule has 3 nitrogen and oxygen atoms in total. The number of amides is 1. The molecule has 3 heteroatoms. The van der Waals surface area contributed by atoms with E-state index in [2.05, 4.69) is 23.0 Å². The third kappa shape index (κ3) is 3.24. The maximum Gasteiger partial charge on any atom is 0.241 e. The zero-order valence-corrected chi connectivity index (χ0v) is 13.1. The summed E-state index contributed by atoms with van der Waals surface area (Å²) in [5, 5.41) is 0. The summed E-state index contributed by atoms with van der Waals surface area (Å²) in [7, 11) is 0. The number of carbonyl (C=O) groups excluding carboxylic acids is 1. The molecule has 1 fully saturated rings. The van der Waals surface area contributed by atoms with E-state index in [-0.39, 0.29) is 11.8 Å². The molecule has 0 aliphatic heterocycles. The maximum atomic E-state index is 12.4. The van der Waals surface area contributed by atoms with Crippen LogP contribution in [-0.4, -0.2) is 5.91 Å². The standard InChI is InChI=1S/C19H24N2O/c1-2-17(14-10-6-5-7-11-14)20-21-19(22)18-15-12-8-3-4-9-13-16(15)18/h2-7,10-11,15-16,18,20H,8-9,12-13H2,1H3,(H,21,22). The highest BCUT2D eigenvalue weighted by Gasteiger charge is 2.53. The molecule has 2 aliphatic rings. The largest absolute Gasteiger partial charge is 0.298 e. The van der Waals surface area contributed by atoms with Crippen molar-refractivity contribution < 1.29 is 4.79 Å². The average Bonchev–Trinajstić information content (AvgIpc) is 3.20. The molecule has 2 atom stereocenters. The molecule has 1 saturated carbocycles. The minimum Gasteiger partial charge on any atom is -0.298 e. The Kier molecular flexibility index (Phi) is 4.62. The molecular weight excluding hydrogens is 272 g/mol. The first kappa shape index (κ1) is 14.9. The van der Waals surface area contributed by atoms with Gasteiger partial charge in [-0.15, -0.1) is 0 Å². The number of hydrogen-bond acceptors (Lipinski definition) is 2. The zero-order chi connectivity index (χ0) is 15.4. The van der Waals surface area contributed by atoms with Crippen LogP contribution in [0.2, 0.25) is 0 Å². The molecule has 1 aromatic carbocycles. The van der Waals surface area contributed by atoms with Crippen molar-refractivity contribution in [2.75, 3.05) is 0 Å². The van der Waals surface area contributed by atoms with Crippen LogP contribution in [0, 0.1) is 17.8 Å². The Morgan fingerprint density at radius 2 is 1.68 bits per heavy atom. The van der Waals surface area contributed by atoms with Crippen molar-refractivity contribution in [2.24, 2.45) is 17.8 Å². The SMILES string of the molecule is CC=C(NNC(=O)C1C2CCC=CCCC21)c1ccccc1. The first-order valence-electron chi connectivity index (χ1n) is 8.24. The summed E-state index contributed by atoms with van der Waals surface area (Å²) in [5.74, 6) is 1.50. The van der Waals surface area contributed by atoms with Gasteiger partial charge in [0, 0.05) is 5.92 Å². The van der Waals surface area contributed by atoms with E-state index in [1.165, 1.54) is 0 Å². The third-order valence-corrected chi connectivity index (χ3v) is 4.83. The summed E-state index contributed by atoms with van der Waals surface area (Å²) >= 11 is 0. The summed E-state index contributed by atoms with van der Waals surface area (Å²) in [4.78, 5) is 12.4. The van der Waals surface area contributed by atoms with Crippen molar-refractivity contribution in [3.05, 3.63) is 54.1 Å². The van der Waals surface area contributed by atoms with Gasteiger partial charge in [0.1, 0.15) is 0 Å². The van der Waals surface area contributed by atoms with E-state index in [9.17, 15) is 4.79 Å². The van der Waals surface area contributed by atoms with Gasteiger partial charge in [0.2, 0.25) is 5.91 Å². The number of hydrazine groups is 1. The van der Waals surface area contributed by atoms with Crippen LogP contribution in [0.15, 0.2) is 48.6 Å². The number of hydrogen-bond donors (Lipinski definition) is 2. The fraction of sp³-hybridized carbons (Fsp3) is 0.421. The van der Waals surface area contributed by atoms with Gasteiger partial charge in [0.15, 0.2) is 0 Å². The van der Waals surface area contributed by atoms with Crippen LogP contribution in [0.25, 0.3) is 5.70 Å². The van der Waals surface area contributed by atoms with Gasteiger partial charge in [-0.2, -0.15) is 0 Å². The normalized spacial score (nSPS) is 27.3. The molecule has 2 N–H and O–H groups in total. The number of rotatable bonds is 4. The van der Waals surface area contributed by atoms with E-state index in [0.717, 1.165) is 36.9 Å². The monoisotopic (exact) mass is 296 g/mol. The topological polar surface area (TPSA) is 41.1 Å². The van der Waals surface area contributed by atoms with E-state index < -0.39 is 0 Å². The first-order valence-corrected chi connectivity index (χ1v) is 8.24. The van der Waals surface area contributed by atoms with Crippen LogP contribution >= 0.6 is 0 Å². The summed E-state index contributed by atoms with van der Waals surface area (Å²) in [6.45, 7) is 1.97. The Bertz CT molecular complexity index is 560. The van der Waals surface area contributed by atoms with Gasteiger partial charge < -0.3 is 0 Å². The molecule has 2 aliphatic carbocycles. The molecule has 0 saturated heterocycles. The molecule has 1 amide bonds. The minimum atomic E-state index is 0.146. The van der Waals surface area contributed by atoms with Crippen molar-refractivity contribution in [2.45, 2.75) is 32.6 Å². The first-order chi connectivity index (χ1) is 10.8. The fourth-order valence-corrected chi connectivity index (χ4v) is 3.58. The second-order valence-electron chi connectivity index (χ2n) is 6.16. The van der Waals surface area contributed by atoms with Crippen molar-refractivity contribution in [3.8, 4) is 0 Å². The van der Waals surface area contributed by atoms with Crippen molar-refractivity contribution in [1.82, 2.24) is 10.9 Å². The van der Waals surface area contributed by atoms with Crippen LogP contribution in [0.4, 0.5) is 0 Å². The van der Waals surface area contributed by atoms with Crippen molar-refractivity contribution in [1.29, 1.82) is 0 Å². The quantitative estimate of drug-likeness (QED) is 0.657. The highest BCUT2D eigenvalue weighted by atomic mass is 16.2. The van der Waals surface area contributed by atoms with Crippen molar-refractivity contribution >= 4 is 11.6 Å². The molecule has 1 aromatic rings. The fourth-order valence-electron chi connectivity index (χ4n) is 3.58. The highest BCUT2D eigenvalue weighted by molar-refractivity contribution is 5.83. The second-order valence-corrected chi connectivity index (χ2v) is 6.16. The minimum absolute atomic E-state index is 0.146. The van der Waals surface area contributed by atoms with Gasteiger partial charge >= 0.3 is 0 Å². The van der Waals surface area contributed by atoms with Gasteiger partial charge in [-0.25, -0.2) is 0 Å². The molecule has 3 rings (SSSR count). The summed E-state index contributed by atoms with van der Waals surface area (Å²) in [5.41, 5.74) is 8.03. The summed E-state index contributed by atoms with van der Waals surface area (Å²) in [6.07, 6.45) is 11.0. The van der Waals surface area contributed by atoms with Gasteiger partial charge in [0.25, 0.3) is 0 Å². The molecule has 0 bridgehead atoms. The van der Waals surface area contributed by atoms with Crippen LogP contribution < -0.4 is 10.9 Å². The predicted molar refractivity (Wildman–Crippen MR) is 89.4 cm³/mol. The predicted octanol–water partition coefficient (Wildman–Crippen LogP) is 3.66. The molecule has 0 radical (unpaired) electrons. The number of carbonyl (C=O) groups is 1. The smallest absolute Gasteiger partial charge is 0.241 e. The molecule has 0 spiro atoms. The molecule has 2 unspecified atom stereocenters. The molecule has 22 heavy (non-hydrogen) atoms. The van der Waals surface area contributed by atoms with E-state index >= 15 is 0 Å². The lowest BCUT2D eigenvalue weighted by Crippen LogP contribution is -2.37. The van der Waals surface area contributed by atoms with Crippen molar-refractivity contribution in [3.63, 3.8) is 0 Å². The lowest BCUT2D eigenvalue weighted by atomic mass is 10.1. The van der Waals surface area contributed by atoms with Gasteiger partial charge in [-0.05, 0) is 50.0 Å². The molecule has 0 heterocycles. The number of nitrogens with one attached hydrogen (secondary N) is 2. The molecule has 116 valence electrons. The third-order valence-electron chi connectivity index (χ3n) is 4.83. The van der Waals surface area contributed by atoms with E-state index in [4.69, 9.17) is 0 Å². The Morgan fingerprint density at radius 3 is 2.27 bits per heavy atom. The average molecular weight is 296 g/mol. The van der Waals surface area contributed by atoms with Crippen LogP contribution in [0.3, 0.4) is 0 Å². The summed E-state index contributed by atoms with van der Waals surface area (Å²) < 4.78 is 0. The Balaban J connectivity index is 1.55. The van der Waals surface area contributed by atoms with Gasteiger partial charge in [0.05, 0.1) is 5.70 Å². The van der Waals surface area contributed by atoms with E-state index in [1.807, 2.05) is 43.3 Å². The van der Waals surface area contributed by atoms with Crippen LogP contribution in [-0.2, 0) is 4.79 Å².